The third-order valence-corrected chi connectivity index (χ3v) is 5.57. The highest BCUT2D eigenvalue weighted by atomic mass is 32.1. The van der Waals surface area contributed by atoms with Gasteiger partial charge in [0.05, 0.1) is 13.0 Å². The number of thiocarbonyl (C=S) groups is 1. The fraction of sp³-hybridized carbons (Fsp3) is 0.348. The van der Waals surface area contributed by atoms with Crippen LogP contribution in [0.15, 0.2) is 54.6 Å². The van der Waals surface area contributed by atoms with Gasteiger partial charge in [-0.25, -0.2) is 0 Å². The summed E-state index contributed by atoms with van der Waals surface area (Å²) in [7, 11) is 1.67. The van der Waals surface area contributed by atoms with Crippen molar-refractivity contribution in [2.45, 2.75) is 32.2 Å². The molecule has 0 aromatic heterocycles. The second-order valence-electron chi connectivity index (χ2n) is 7.19. The van der Waals surface area contributed by atoms with Crippen LogP contribution in [-0.4, -0.2) is 53.0 Å². The number of hydrogen-bond donors (Lipinski definition) is 1. The first-order valence-corrected chi connectivity index (χ1v) is 10.5. The Bertz CT molecular complexity index is 886. The van der Waals surface area contributed by atoms with Crippen LogP contribution in [0.5, 0.6) is 5.75 Å². The van der Waals surface area contributed by atoms with E-state index in [1.807, 2.05) is 30.0 Å². The zero-order chi connectivity index (χ0) is 21.5. The van der Waals surface area contributed by atoms with Crippen molar-refractivity contribution in [3.63, 3.8) is 0 Å². The average molecular weight is 426 g/mol. The zero-order valence-corrected chi connectivity index (χ0v) is 18.2. The molecule has 7 heteroatoms. The maximum absolute atomic E-state index is 12.7. The minimum absolute atomic E-state index is 0.0574. The van der Waals surface area contributed by atoms with Crippen molar-refractivity contribution in [1.82, 2.24) is 9.80 Å². The van der Waals surface area contributed by atoms with E-state index in [0.29, 0.717) is 24.0 Å². The standard InChI is InChI=1S/C23H27N3O3S/c1-3-29-19-13-11-18(12-14-19)24-21(27)16-20-22(28)25(2)23(30)26(20)15-7-10-17-8-5-4-6-9-17/h4-6,8-9,11-14,20H,3,7,10,15-16H2,1-2H3,(H,24,27)/t20-/m1/s1. The fourth-order valence-electron chi connectivity index (χ4n) is 3.51. The molecule has 1 aliphatic rings. The number of likely N-dealkylation sites (N-methyl/N-ethyl adjacent to an activating group) is 1. The van der Waals surface area contributed by atoms with Gasteiger partial charge >= 0.3 is 0 Å². The summed E-state index contributed by atoms with van der Waals surface area (Å²) in [4.78, 5) is 28.6. The first-order valence-electron chi connectivity index (χ1n) is 10.1. The van der Waals surface area contributed by atoms with E-state index < -0.39 is 6.04 Å². The molecule has 0 bridgehead atoms. The number of aryl methyl sites for hydroxylation is 1. The van der Waals surface area contributed by atoms with Gasteiger partial charge in [0.15, 0.2) is 5.11 Å². The molecule has 1 fully saturated rings. The summed E-state index contributed by atoms with van der Waals surface area (Å²) in [6.45, 7) is 3.13. The van der Waals surface area contributed by atoms with Gasteiger partial charge in [-0.1, -0.05) is 30.3 Å². The number of anilines is 1. The van der Waals surface area contributed by atoms with Gasteiger partial charge in [-0.3, -0.25) is 14.5 Å². The Labute approximate surface area is 182 Å². The van der Waals surface area contributed by atoms with Gasteiger partial charge < -0.3 is 15.0 Å². The number of carbonyl (C=O) groups is 2. The van der Waals surface area contributed by atoms with Crippen LogP contribution in [0.1, 0.15) is 25.3 Å². The molecule has 2 aromatic rings. The third-order valence-electron chi connectivity index (χ3n) is 5.06. The number of ether oxygens (including phenoxy) is 1. The van der Waals surface area contributed by atoms with Crippen molar-refractivity contribution in [2.75, 3.05) is 25.5 Å². The first-order chi connectivity index (χ1) is 14.5. The number of hydrogen-bond acceptors (Lipinski definition) is 4. The number of amides is 2. The highest BCUT2D eigenvalue weighted by Crippen LogP contribution is 2.22. The van der Waals surface area contributed by atoms with Gasteiger partial charge in [0.25, 0.3) is 5.91 Å². The molecular formula is C23H27N3O3S. The minimum Gasteiger partial charge on any atom is -0.494 e. The lowest BCUT2D eigenvalue weighted by Gasteiger charge is -2.23. The summed E-state index contributed by atoms with van der Waals surface area (Å²) in [6, 6.07) is 16.8. The minimum atomic E-state index is -0.569. The van der Waals surface area contributed by atoms with Gasteiger partial charge in [-0.05, 0) is 61.8 Å². The fourth-order valence-corrected chi connectivity index (χ4v) is 3.82. The Balaban J connectivity index is 1.58. The van der Waals surface area contributed by atoms with Crippen LogP contribution in [0.4, 0.5) is 5.69 Å². The molecular weight excluding hydrogens is 398 g/mol. The van der Waals surface area contributed by atoms with E-state index in [4.69, 9.17) is 17.0 Å². The second-order valence-corrected chi connectivity index (χ2v) is 7.55. The highest BCUT2D eigenvalue weighted by Gasteiger charge is 2.41. The van der Waals surface area contributed by atoms with Crippen molar-refractivity contribution >= 4 is 34.8 Å². The monoisotopic (exact) mass is 425 g/mol. The number of rotatable bonds is 9. The summed E-state index contributed by atoms with van der Waals surface area (Å²) in [5.74, 6) is 0.392. The second kappa shape index (κ2) is 10.2. The molecule has 2 aromatic carbocycles. The SMILES string of the molecule is CCOc1ccc(NC(=O)C[C@@H]2C(=O)N(C)C(=S)N2CCCc2ccccc2)cc1. The molecule has 0 aliphatic carbocycles. The maximum Gasteiger partial charge on any atom is 0.251 e. The summed E-state index contributed by atoms with van der Waals surface area (Å²) < 4.78 is 5.41. The van der Waals surface area contributed by atoms with Crippen LogP contribution in [-0.2, 0) is 16.0 Å². The van der Waals surface area contributed by atoms with Crippen LogP contribution in [0.3, 0.4) is 0 Å². The van der Waals surface area contributed by atoms with Crippen LogP contribution >= 0.6 is 12.2 Å². The average Bonchev–Trinajstić information content (AvgIpc) is 2.94. The van der Waals surface area contributed by atoms with Gasteiger partial charge in [0.1, 0.15) is 11.8 Å². The molecule has 1 N–H and O–H groups in total. The van der Waals surface area contributed by atoms with E-state index >= 15 is 0 Å². The van der Waals surface area contributed by atoms with Crippen molar-refractivity contribution in [1.29, 1.82) is 0 Å². The van der Waals surface area contributed by atoms with Crippen molar-refractivity contribution in [3.8, 4) is 5.75 Å². The van der Waals surface area contributed by atoms with Gasteiger partial charge in [-0.2, -0.15) is 0 Å². The molecule has 1 atom stereocenters. The predicted octanol–water partition coefficient (Wildman–Crippen LogP) is 3.47. The van der Waals surface area contributed by atoms with Gasteiger partial charge in [-0.15, -0.1) is 0 Å². The smallest absolute Gasteiger partial charge is 0.251 e. The molecule has 0 radical (unpaired) electrons. The highest BCUT2D eigenvalue weighted by molar-refractivity contribution is 7.80. The number of nitrogens with one attached hydrogen (secondary N) is 1. The lowest BCUT2D eigenvalue weighted by Crippen LogP contribution is -2.38. The molecule has 1 saturated heterocycles. The molecule has 6 nitrogen and oxygen atoms in total. The normalized spacial score (nSPS) is 16.1. The molecule has 0 unspecified atom stereocenters. The van der Waals surface area contributed by atoms with Crippen LogP contribution < -0.4 is 10.1 Å². The number of nitrogens with zero attached hydrogens (tertiary/aromatic N) is 2. The predicted molar refractivity (Wildman–Crippen MR) is 121 cm³/mol. The molecule has 158 valence electrons. The molecule has 3 rings (SSSR count). The van der Waals surface area contributed by atoms with Gasteiger partial charge in [0, 0.05) is 19.3 Å². The first kappa shape index (κ1) is 21.8. The summed E-state index contributed by atoms with van der Waals surface area (Å²) in [5.41, 5.74) is 1.91. The molecule has 1 aliphatic heterocycles. The van der Waals surface area contributed by atoms with E-state index in [1.165, 1.54) is 10.5 Å². The summed E-state index contributed by atoms with van der Waals surface area (Å²) in [5, 5.41) is 3.33. The van der Waals surface area contributed by atoms with Crippen molar-refractivity contribution in [2.24, 2.45) is 0 Å². The van der Waals surface area contributed by atoms with E-state index in [2.05, 4.69) is 17.4 Å². The van der Waals surface area contributed by atoms with E-state index in [0.717, 1.165) is 18.6 Å². The lowest BCUT2D eigenvalue weighted by atomic mass is 10.1. The Kier molecular flexibility index (Phi) is 7.41. The Morgan fingerprint density at radius 2 is 1.83 bits per heavy atom. The van der Waals surface area contributed by atoms with E-state index in [9.17, 15) is 9.59 Å². The van der Waals surface area contributed by atoms with E-state index in [1.54, 1.807) is 31.3 Å². The topological polar surface area (TPSA) is 61.9 Å². The van der Waals surface area contributed by atoms with E-state index in [-0.39, 0.29) is 18.2 Å². The van der Waals surface area contributed by atoms with Gasteiger partial charge in [0.2, 0.25) is 5.91 Å². The number of benzene rings is 2. The summed E-state index contributed by atoms with van der Waals surface area (Å²) in [6.07, 6.45) is 1.80. The third kappa shape index (κ3) is 5.36. The molecule has 30 heavy (non-hydrogen) atoms. The zero-order valence-electron chi connectivity index (χ0n) is 17.3. The number of carbonyl (C=O) groups excluding carboxylic acids is 2. The molecule has 1 heterocycles. The quantitative estimate of drug-likeness (QED) is 0.624. The molecule has 2 amide bonds. The van der Waals surface area contributed by atoms with Crippen molar-refractivity contribution in [3.05, 3.63) is 60.2 Å². The Hall–Kier alpha value is -2.93. The maximum atomic E-state index is 12.7. The largest absolute Gasteiger partial charge is 0.494 e. The Morgan fingerprint density at radius 3 is 2.50 bits per heavy atom. The van der Waals surface area contributed by atoms with Crippen LogP contribution in [0.2, 0.25) is 0 Å². The van der Waals surface area contributed by atoms with Crippen molar-refractivity contribution < 1.29 is 14.3 Å². The lowest BCUT2D eigenvalue weighted by molar-refractivity contribution is -0.130. The summed E-state index contributed by atoms with van der Waals surface area (Å²) >= 11 is 5.45. The molecule has 0 spiro atoms. The van der Waals surface area contributed by atoms with Crippen LogP contribution in [0.25, 0.3) is 0 Å². The Morgan fingerprint density at radius 1 is 1.13 bits per heavy atom. The van der Waals surface area contributed by atoms with Crippen LogP contribution in [0, 0.1) is 0 Å². The molecule has 0 saturated carbocycles.